The highest BCUT2D eigenvalue weighted by atomic mass is 16.5. The molecule has 0 radical (unpaired) electrons. The molecule has 0 fully saturated rings. The number of benzene rings is 1. The zero-order chi connectivity index (χ0) is 30.2. The molecule has 0 spiro atoms. The van der Waals surface area contributed by atoms with Gasteiger partial charge in [-0.05, 0) is 36.8 Å². The van der Waals surface area contributed by atoms with Gasteiger partial charge in [-0.3, -0.25) is 14.4 Å². The zero-order valence-electron chi connectivity index (χ0n) is 23.5. The number of unbranched alkanes of at least 4 members (excludes halogenated alkanes) is 3. The summed E-state index contributed by atoms with van der Waals surface area (Å²) in [6.45, 7) is 2.19. The van der Waals surface area contributed by atoms with Crippen molar-refractivity contribution in [2.24, 2.45) is 17.6 Å². The van der Waals surface area contributed by atoms with E-state index in [1.165, 1.54) is 0 Å². The molecule has 12 nitrogen and oxygen atoms in total. The third-order valence-electron chi connectivity index (χ3n) is 8.25. The van der Waals surface area contributed by atoms with Gasteiger partial charge in [0.2, 0.25) is 5.78 Å². The van der Waals surface area contributed by atoms with Gasteiger partial charge in [-0.2, -0.15) is 0 Å². The maximum atomic E-state index is 13.9. The highest BCUT2D eigenvalue weighted by molar-refractivity contribution is 6.24. The number of allylic oxidation sites excluding steroid dienone is 2. The molecule has 1 aromatic carbocycles. The number of nitrogens with zero attached hydrogens (tertiary/aromatic N) is 1. The Morgan fingerprint density at radius 2 is 1.85 bits per heavy atom. The summed E-state index contributed by atoms with van der Waals surface area (Å²) in [4.78, 5) is 52.8. The highest BCUT2D eigenvalue weighted by Crippen LogP contribution is 2.52. The number of phenols is 1. The molecule has 0 aliphatic heterocycles. The number of Topliss-reactive ketones (excluding diaryl/α,β-unsaturated/α-hetero) is 2. The molecule has 7 N–H and O–H groups in total. The summed E-state index contributed by atoms with van der Waals surface area (Å²) < 4.78 is 5.19. The lowest BCUT2D eigenvalue weighted by molar-refractivity contribution is -0.144. The number of carbonyl (C=O) groups excluding carboxylic acids is 4. The molecule has 222 valence electrons. The van der Waals surface area contributed by atoms with Crippen LogP contribution in [-0.2, 0) is 27.3 Å². The Labute approximate surface area is 237 Å². The number of anilines is 1. The Kier molecular flexibility index (Phi) is 8.34. The summed E-state index contributed by atoms with van der Waals surface area (Å²) in [5.74, 6) is -6.85. The summed E-state index contributed by atoms with van der Waals surface area (Å²) in [6.07, 6.45) is 3.03. The fourth-order valence-electron chi connectivity index (χ4n) is 6.17. The number of carbonyl (C=O) groups is 4. The average molecular weight is 572 g/mol. The van der Waals surface area contributed by atoms with Crippen LogP contribution in [-0.4, -0.2) is 70.3 Å². The molecule has 0 bridgehead atoms. The number of aromatic hydroxyl groups is 1. The van der Waals surface area contributed by atoms with Crippen molar-refractivity contribution in [3.63, 3.8) is 0 Å². The van der Waals surface area contributed by atoms with E-state index in [1.807, 2.05) is 0 Å². The summed E-state index contributed by atoms with van der Waals surface area (Å²) >= 11 is 0. The van der Waals surface area contributed by atoms with Crippen molar-refractivity contribution in [2.75, 3.05) is 25.6 Å². The van der Waals surface area contributed by atoms with Crippen LogP contribution in [0.25, 0.3) is 0 Å². The molecule has 0 unspecified atom stereocenters. The number of aliphatic hydroxyl groups excluding tert-OH is 2. The molecule has 0 saturated carbocycles. The molecule has 4 rings (SSSR count). The third-order valence-corrected chi connectivity index (χ3v) is 8.25. The van der Waals surface area contributed by atoms with Gasteiger partial charge in [0, 0.05) is 49.8 Å². The van der Waals surface area contributed by atoms with Crippen LogP contribution in [0.5, 0.6) is 5.75 Å². The lowest BCUT2D eigenvalue weighted by Crippen LogP contribution is -2.57. The van der Waals surface area contributed by atoms with Gasteiger partial charge >= 0.3 is 6.09 Å². The quantitative estimate of drug-likeness (QED) is 0.189. The van der Waals surface area contributed by atoms with Crippen LogP contribution < -0.4 is 16.0 Å². The molecular weight excluding hydrogens is 534 g/mol. The van der Waals surface area contributed by atoms with Crippen LogP contribution in [0.1, 0.15) is 66.9 Å². The first-order valence-electron chi connectivity index (χ1n) is 13.8. The monoisotopic (exact) mass is 571 g/mol. The highest BCUT2D eigenvalue weighted by Gasteiger charge is 2.59. The van der Waals surface area contributed by atoms with Gasteiger partial charge in [-0.1, -0.05) is 26.2 Å². The molecule has 41 heavy (non-hydrogen) atoms. The lowest BCUT2D eigenvalue weighted by atomic mass is 9.60. The number of primary amides is 1. The predicted molar refractivity (Wildman–Crippen MR) is 147 cm³/mol. The summed E-state index contributed by atoms with van der Waals surface area (Å²) in [5.41, 5.74) is 2.78. The second-order valence-electron chi connectivity index (χ2n) is 11.1. The van der Waals surface area contributed by atoms with Gasteiger partial charge in [0.1, 0.15) is 22.8 Å². The van der Waals surface area contributed by atoms with Crippen molar-refractivity contribution < 1.29 is 44.3 Å². The van der Waals surface area contributed by atoms with E-state index in [4.69, 9.17) is 10.5 Å². The van der Waals surface area contributed by atoms with Crippen molar-refractivity contribution in [2.45, 2.75) is 64.0 Å². The Balaban J connectivity index is 1.69. The van der Waals surface area contributed by atoms with Crippen LogP contribution >= 0.6 is 0 Å². The van der Waals surface area contributed by atoms with Gasteiger partial charge in [-0.15, -0.1) is 0 Å². The number of nitrogens with one attached hydrogen (secondary N) is 1. The molecule has 0 heterocycles. The maximum Gasteiger partial charge on any atom is 0.407 e. The molecule has 3 aliphatic carbocycles. The lowest BCUT2D eigenvalue weighted by Gasteiger charge is -2.46. The van der Waals surface area contributed by atoms with Gasteiger partial charge in [0.15, 0.2) is 11.4 Å². The van der Waals surface area contributed by atoms with Crippen molar-refractivity contribution in [3.8, 4) is 5.75 Å². The Bertz CT molecular complexity index is 1360. The van der Waals surface area contributed by atoms with Crippen molar-refractivity contribution in [3.05, 3.63) is 45.4 Å². The normalized spacial score (nSPS) is 23.5. The van der Waals surface area contributed by atoms with Crippen LogP contribution in [0.15, 0.2) is 28.7 Å². The minimum atomic E-state index is -2.63. The van der Waals surface area contributed by atoms with E-state index >= 15 is 0 Å². The van der Waals surface area contributed by atoms with Gasteiger partial charge in [0.25, 0.3) is 5.91 Å². The van der Waals surface area contributed by atoms with E-state index in [-0.39, 0.29) is 49.1 Å². The van der Waals surface area contributed by atoms with Crippen LogP contribution in [0.4, 0.5) is 10.5 Å². The molecule has 3 atom stereocenters. The van der Waals surface area contributed by atoms with Crippen molar-refractivity contribution in [1.29, 1.82) is 0 Å². The number of hydrogen-bond acceptors (Lipinski definition) is 10. The second kappa shape index (κ2) is 11.4. The molecule has 12 heteroatoms. The molecule has 2 amide bonds. The molecule has 0 saturated heterocycles. The Hall–Kier alpha value is -4.06. The van der Waals surface area contributed by atoms with Gasteiger partial charge in [0.05, 0.1) is 12.2 Å². The van der Waals surface area contributed by atoms with Crippen LogP contribution in [0.2, 0.25) is 0 Å². The second-order valence-corrected chi connectivity index (χ2v) is 11.1. The number of fused-ring (bicyclic) bond motifs is 3. The standard InChI is InChI=1S/C29H37N3O9/c1-4-5-6-7-8-41-28(39)31-13-15-11-18(32(2)3)17-10-14-9-16-12-19(33)22(27(30)38)26(37)29(16,40)25(36)20(14)24(35)21(17)23(15)34/h11,14,16,33-34,36,40H,4-10,12-13H2,1-3H3,(H2,30,38)(H,31,39)/t14-,16+,29+/m1/s1. The minimum absolute atomic E-state index is 0.0456. The Morgan fingerprint density at radius 3 is 2.49 bits per heavy atom. The number of hydrogen-bond donors (Lipinski definition) is 6. The van der Waals surface area contributed by atoms with Crippen molar-refractivity contribution >= 4 is 29.3 Å². The smallest absolute Gasteiger partial charge is 0.407 e. The van der Waals surface area contributed by atoms with Gasteiger partial charge < -0.3 is 41.1 Å². The number of ether oxygens (including phenoxy) is 1. The number of phenolic OH excluding ortho intramolecular Hbond substituents is 1. The topological polar surface area (TPSA) is 200 Å². The van der Waals surface area contributed by atoms with E-state index in [2.05, 4.69) is 12.2 Å². The number of ketones is 2. The number of rotatable bonds is 9. The predicted octanol–water partition coefficient (Wildman–Crippen LogP) is 2.45. The van der Waals surface area contributed by atoms with Crippen LogP contribution in [0, 0.1) is 11.8 Å². The van der Waals surface area contributed by atoms with Crippen molar-refractivity contribution in [1.82, 2.24) is 5.32 Å². The average Bonchev–Trinajstić information content (AvgIpc) is 2.89. The number of amides is 2. The first kappa shape index (κ1) is 29.9. The molecule has 3 aliphatic rings. The SMILES string of the molecule is CCCCCCOC(=O)NCc1cc(N(C)C)c2c(c1O)C(=O)C1=C(O)[C@]3(O)C(=O)C(C(N)=O)=C(O)C[C@@H]3C[C@@H]1C2. The largest absolute Gasteiger partial charge is 0.511 e. The van der Waals surface area contributed by atoms with Crippen LogP contribution in [0.3, 0.4) is 0 Å². The minimum Gasteiger partial charge on any atom is -0.511 e. The summed E-state index contributed by atoms with van der Waals surface area (Å²) in [5, 5.41) is 46.7. The maximum absolute atomic E-state index is 13.9. The molecular formula is C29H37N3O9. The van der Waals surface area contributed by atoms with E-state index in [9.17, 15) is 39.6 Å². The Morgan fingerprint density at radius 1 is 1.15 bits per heavy atom. The molecule has 0 aromatic heterocycles. The summed E-state index contributed by atoms with van der Waals surface area (Å²) in [6, 6.07) is 1.66. The molecule has 1 aromatic rings. The first-order valence-corrected chi connectivity index (χ1v) is 13.8. The first-order chi connectivity index (χ1) is 19.3. The van der Waals surface area contributed by atoms with Gasteiger partial charge in [-0.25, -0.2) is 4.79 Å². The fraction of sp³-hybridized carbons (Fsp3) is 0.517. The number of alkyl carbamates (subject to hydrolysis) is 1. The van der Waals surface area contributed by atoms with E-state index in [0.29, 0.717) is 11.3 Å². The number of aliphatic hydroxyl groups is 3. The van der Waals surface area contributed by atoms with E-state index in [1.54, 1.807) is 25.1 Å². The van der Waals surface area contributed by atoms with E-state index < -0.39 is 63.8 Å². The van der Waals surface area contributed by atoms with E-state index in [0.717, 1.165) is 25.7 Å². The number of nitrogens with two attached hydrogens (primary N) is 1. The third kappa shape index (κ3) is 5.12. The fourth-order valence-corrected chi connectivity index (χ4v) is 6.17. The summed E-state index contributed by atoms with van der Waals surface area (Å²) in [7, 11) is 3.52. The zero-order valence-corrected chi connectivity index (χ0v) is 23.5.